The maximum atomic E-state index is 11.3. The molecule has 1 unspecified atom stereocenters. The first-order valence-corrected chi connectivity index (χ1v) is 4.91. The maximum absolute atomic E-state index is 11.3. The molecule has 5 nitrogen and oxygen atoms in total. The summed E-state index contributed by atoms with van der Waals surface area (Å²) in [7, 11) is 0. The van der Waals surface area contributed by atoms with Crippen molar-refractivity contribution in [1.82, 2.24) is 10.6 Å². The van der Waals surface area contributed by atoms with Gasteiger partial charge in [0.15, 0.2) is 5.54 Å². The van der Waals surface area contributed by atoms with Gasteiger partial charge in [-0.05, 0) is 12.5 Å². The molecule has 1 heterocycles. The zero-order valence-corrected chi connectivity index (χ0v) is 8.78. The first kappa shape index (κ1) is 10.5. The van der Waals surface area contributed by atoms with Gasteiger partial charge in [-0.3, -0.25) is 0 Å². The normalized spacial score (nSPS) is 23.7. The largest absolute Gasteiger partial charge is 0.479 e. The topological polar surface area (TPSA) is 78.4 Å². The van der Waals surface area contributed by atoms with Crippen LogP contribution in [0.4, 0.5) is 4.79 Å². The summed E-state index contributed by atoms with van der Waals surface area (Å²) >= 11 is 0. The van der Waals surface area contributed by atoms with Crippen molar-refractivity contribution in [3.63, 3.8) is 0 Å². The van der Waals surface area contributed by atoms with Crippen molar-refractivity contribution in [1.29, 1.82) is 0 Å². The van der Waals surface area contributed by atoms with E-state index < -0.39 is 17.5 Å². The molecule has 0 spiro atoms. The summed E-state index contributed by atoms with van der Waals surface area (Å²) in [5, 5.41) is 14.2. The average molecular weight is 220 g/mol. The standard InChI is InChI=1S/C11H12N2O3/c1-7-3-2-4-8(5-7)11(9(14)15)6-12-10(16)13-11/h2-5H,6H2,1H3,(H,14,15)(H2,12,13,16). The second-order valence-corrected chi connectivity index (χ2v) is 3.89. The maximum Gasteiger partial charge on any atom is 0.336 e. The Labute approximate surface area is 92.5 Å². The van der Waals surface area contributed by atoms with Gasteiger partial charge < -0.3 is 15.7 Å². The highest BCUT2D eigenvalue weighted by molar-refractivity contribution is 5.91. The van der Waals surface area contributed by atoms with Crippen LogP contribution >= 0.6 is 0 Å². The number of carboxylic acids is 1. The molecule has 1 atom stereocenters. The zero-order chi connectivity index (χ0) is 11.8. The summed E-state index contributed by atoms with van der Waals surface area (Å²) in [6.07, 6.45) is 0. The van der Waals surface area contributed by atoms with E-state index in [4.69, 9.17) is 0 Å². The van der Waals surface area contributed by atoms with Gasteiger partial charge in [0, 0.05) is 0 Å². The number of carbonyl (C=O) groups is 2. The molecule has 1 aromatic carbocycles. The van der Waals surface area contributed by atoms with Crippen LogP contribution in [-0.4, -0.2) is 23.7 Å². The number of urea groups is 1. The van der Waals surface area contributed by atoms with Crippen LogP contribution in [0.2, 0.25) is 0 Å². The van der Waals surface area contributed by atoms with Gasteiger partial charge in [0.05, 0.1) is 6.54 Å². The Morgan fingerprint density at radius 2 is 2.25 bits per heavy atom. The van der Waals surface area contributed by atoms with E-state index in [0.29, 0.717) is 5.56 Å². The van der Waals surface area contributed by atoms with Crippen molar-refractivity contribution < 1.29 is 14.7 Å². The minimum absolute atomic E-state index is 0.0601. The van der Waals surface area contributed by atoms with Gasteiger partial charge in [0.2, 0.25) is 0 Å². The predicted octanol–water partition coefficient (Wildman–Crippen LogP) is 0.588. The number of benzene rings is 1. The Hall–Kier alpha value is -2.04. The van der Waals surface area contributed by atoms with Crippen molar-refractivity contribution in [2.45, 2.75) is 12.5 Å². The molecule has 1 aliphatic heterocycles. The Balaban J connectivity index is 2.48. The highest BCUT2D eigenvalue weighted by Gasteiger charge is 2.46. The monoisotopic (exact) mass is 220 g/mol. The van der Waals surface area contributed by atoms with E-state index in [1.165, 1.54) is 0 Å². The van der Waals surface area contributed by atoms with Crippen molar-refractivity contribution in [2.75, 3.05) is 6.54 Å². The van der Waals surface area contributed by atoms with E-state index in [0.717, 1.165) is 5.56 Å². The average Bonchev–Trinajstić information content (AvgIpc) is 2.62. The molecular formula is C11H12N2O3. The number of hydrogen-bond acceptors (Lipinski definition) is 2. The third-order valence-electron chi connectivity index (χ3n) is 2.72. The van der Waals surface area contributed by atoms with Crippen LogP contribution < -0.4 is 10.6 Å². The van der Waals surface area contributed by atoms with E-state index in [2.05, 4.69) is 10.6 Å². The van der Waals surface area contributed by atoms with Crippen LogP contribution in [0.1, 0.15) is 11.1 Å². The lowest BCUT2D eigenvalue weighted by Crippen LogP contribution is -2.47. The molecule has 0 aliphatic carbocycles. The predicted molar refractivity (Wildman–Crippen MR) is 57.0 cm³/mol. The Bertz CT molecular complexity index is 458. The van der Waals surface area contributed by atoms with E-state index in [-0.39, 0.29) is 6.54 Å². The molecule has 3 N–H and O–H groups in total. The first-order chi connectivity index (χ1) is 7.54. The van der Waals surface area contributed by atoms with E-state index in [1.807, 2.05) is 13.0 Å². The lowest BCUT2D eigenvalue weighted by atomic mass is 9.90. The van der Waals surface area contributed by atoms with Gasteiger partial charge >= 0.3 is 12.0 Å². The van der Waals surface area contributed by atoms with E-state index in [1.54, 1.807) is 18.2 Å². The lowest BCUT2D eigenvalue weighted by molar-refractivity contribution is -0.143. The van der Waals surface area contributed by atoms with E-state index >= 15 is 0 Å². The molecule has 16 heavy (non-hydrogen) atoms. The van der Waals surface area contributed by atoms with E-state index in [9.17, 15) is 14.7 Å². The van der Waals surface area contributed by atoms with Gasteiger partial charge in [-0.2, -0.15) is 0 Å². The second kappa shape index (κ2) is 3.52. The van der Waals surface area contributed by atoms with Crippen LogP contribution in [0.25, 0.3) is 0 Å². The van der Waals surface area contributed by atoms with Gasteiger partial charge in [0.1, 0.15) is 0 Å². The number of nitrogens with one attached hydrogen (secondary N) is 2. The molecular weight excluding hydrogens is 208 g/mol. The van der Waals surface area contributed by atoms with Crippen molar-refractivity contribution in [3.05, 3.63) is 35.4 Å². The second-order valence-electron chi connectivity index (χ2n) is 3.89. The number of aliphatic carboxylic acids is 1. The Morgan fingerprint density at radius 3 is 2.75 bits per heavy atom. The molecule has 0 aromatic heterocycles. The van der Waals surface area contributed by atoms with Crippen LogP contribution in [0.3, 0.4) is 0 Å². The van der Waals surface area contributed by atoms with Crippen LogP contribution in [0.5, 0.6) is 0 Å². The number of amides is 2. The first-order valence-electron chi connectivity index (χ1n) is 4.91. The Morgan fingerprint density at radius 1 is 1.50 bits per heavy atom. The fourth-order valence-electron chi connectivity index (χ4n) is 1.83. The molecule has 2 rings (SSSR count). The summed E-state index contributed by atoms with van der Waals surface area (Å²) in [6.45, 7) is 1.94. The Kier molecular flexibility index (Phi) is 2.30. The van der Waals surface area contributed by atoms with Gasteiger partial charge in [-0.15, -0.1) is 0 Å². The molecule has 2 amide bonds. The molecule has 1 aromatic rings. The molecule has 0 saturated carbocycles. The molecule has 1 aliphatic rings. The fraction of sp³-hybridized carbons (Fsp3) is 0.273. The summed E-state index contributed by atoms with van der Waals surface area (Å²) < 4.78 is 0. The molecule has 5 heteroatoms. The van der Waals surface area contributed by atoms with Gasteiger partial charge in [0.25, 0.3) is 0 Å². The smallest absolute Gasteiger partial charge is 0.336 e. The van der Waals surface area contributed by atoms with Gasteiger partial charge in [-0.25, -0.2) is 9.59 Å². The minimum Gasteiger partial charge on any atom is -0.479 e. The van der Waals surface area contributed by atoms with Crippen molar-refractivity contribution in [3.8, 4) is 0 Å². The highest BCUT2D eigenvalue weighted by atomic mass is 16.4. The molecule has 84 valence electrons. The molecule has 0 radical (unpaired) electrons. The molecule has 1 fully saturated rings. The SMILES string of the molecule is Cc1cccc(C2(C(=O)O)CNC(=O)N2)c1. The summed E-state index contributed by atoms with van der Waals surface area (Å²) in [5.41, 5.74) is 0.195. The number of carboxylic acid groups (broad SMARTS) is 1. The van der Waals surface area contributed by atoms with Crippen molar-refractivity contribution >= 4 is 12.0 Å². The molecule has 0 bridgehead atoms. The van der Waals surface area contributed by atoms with Gasteiger partial charge in [-0.1, -0.05) is 29.8 Å². The summed E-state index contributed by atoms with van der Waals surface area (Å²) in [4.78, 5) is 22.5. The third kappa shape index (κ3) is 1.50. The number of carbonyl (C=O) groups excluding carboxylic acids is 1. The molecule has 1 saturated heterocycles. The summed E-state index contributed by atoms with van der Waals surface area (Å²) in [6, 6.07) is 6.67. The van der Waals surface area contributed by atoms with Crippen LogP contribution in [0, 0.1) is 6.92 Å². The number of aryl methyl sites for hydroxylation is 1. The fourth-order valence-corrected chi connectivity index (χ4v) is 1.83. The zero-order valence-electron chi connectivity index (χ0n) is 8.78. The van der Waals surface area contributed by atoms with Crippen molar-refractivity contribution in [2.24, 2.45) is 0 Å². The minimum atomic E-state index is -1.34. The number of rotatable bonds is 2. The third-order valence-corrected chi connectivity index (χ3v) is 2.72. The highest BCUT2D eigenvalue weighted by Crippen LogP contribution is 2.24. The van der Waals surface area contributed by atoms with Crippen LogP contribution in [0.15, 0.2) is 24.3 Å². The summed E-state index contributed by atoms with van der Waals surface area (Å²) in [5.74, 6) is -1.06. The quantitative estimate of drug-likeness (QED) is 0.682. The lowest BCUT2D eigenvalue weighted by Gasteiger charge is -2.23. The number of hydrogen-bond donors (Lipinski definition) is 3. The van der Waals surface area contributed by atoms with Crippen LogP contribution in [-0.2, 0) is 10.3 Å².